The lowest BCUT2D eigenvalue weighted by Gasteiger charge is -2.19. The highest BCUT2D eigenvalue weighted by molar-refractivity contribution is 6.33. The molecule has 1 aromatic carbocycles. The second-order valence-electron chi connectivity index (χ2n) is 4.36. The van der Waals surface area contributed by atoms with Gasteiger partial charge in [0.15, 0.2) is 0 Å². The summed E-state index contributed by atoms with van der Waals surface area (Å²) in [5, 5.41) is 0.712. The molecule has 0 bridgehead atoms. The van der Waals surface area contributed by atoms with Gasteiger partial charge in [0, 0.05) is 13.6 Å². The maximum Gasteiger partial charge on any atom is 0.123 e. The zero-order chi connectivity index (χ0) is 13.1. The minimum atomic E-state index is 0.501. The van der Waals surface area contributed by atoms with Gasteiger partial charge in [-0.3, -0.25) is 0 Å². The predicted molar refractivity (Wildman–Crippen MR) is 74.9 cm³/mol. The largest absolute Gasteiger partial charge is 0.464 e. The van der Waals surface area contributed by atoms with E-state index in [1.54, 1.807) is 0 Å². The number of halogens is 1. The van der Waals surface area contributed by atoms with E-state index in [1.165, 1.54) is 0 Å². The van der Waals surface area contributed by atoms with Gasteiger partial charge in [-0.2, -0.15) is 0 Å². The molecule has 1 heterocycles. The Hall–Kier alpha value is -1.45. The number of benzene rings is 1. The van der Waals surface area contributed by atoms with Crippen LogP contribution >= 0.6 is 11.6 Å². The molecule has 0 unspecified atom stereocenters. The van der Waals surface area contributed by atoms with Crippen molar-refractivity contribution in [1.29, 1.82) is 0 Å². The number of aryl methyl sites for hydroxylation is 1. The Morgan fingerprint density at radius 3 is 2.61 bits per heavy atom. The molecule has 96 valence electrons. The molecule has 0 radical (unpaired) electrons. The van der Waals surface area contributed by atoms with Crippen molar-refractivity contribution >= 4 is 17.3 Å². The molecule has 18 heavy (non-hydrogen) atoms. The van der Waals surface area contributed by atoms with Gasteiger partial charge in [0.2, 0.25) is 0 Å². The molecular formula is C14H17ClN2O. The monoisotopic (exact) mass is 264 g/mol. The number of rotatable bonds is 4. The van der Waals surface area contributed by atoms with Crippen LogP contribution in [0.25, 0.3) is 0 Å². The van der Waals surface area contributed by atoms with Crippen LogP contribution in [0.2, 0.25) is 5.02 Å². The third-order valence-corrected chi connectivity index (χ3v) is 3.15. The molecule has 4 heteroatoms. The Labute approximate surface area is 112 Å². The minimum Gasteiger partial charge on any atom is -0.464 e. The summed E-state index contributed by atoms with van der Waals surface area (Å²) < 4.78 is 5.56. The van der Waals surface area contributed by atoms with Gasteiger partial charge < -0.3 is 15.1 Å². The third kappa shape index (κ3) is 2.86. The van der Waals surface area contributed by atoms with Crippen molar-refractivity contribution in [3.05, 3.63) is 52.4 Å². The van der Waals surface area contributed by atoms with Gasteiger partial charge in [0.05, 0.1) is 17.3 Å². The molecule has 3 nitrogen and oxygen atoms in total. The summed E-state index contributed by atoms with van der Waals surface area (Å²) in [6.45, 7) is 3.13. The van der Waals surface area contributed by atoms with E-state index in [4.69, 9.17) is 21.8 Å². The van der Waals surface area contributed by atoms with Crippen molar-refractivity contribution in [3.8, 4) is 0 Å². The molecule has 0 amide bonds. The van der Waals surface area contributed by atoms with E-state index < -0.39 is 0 Å². The highest BCUT2D eigenvalue weighted by Gasteiger charge is 2.09. The average Bonchev–Trinajstić information content (AvgIpc) is 2.74. The smallest absolute Gasteiger partial charge is 0.123 e. The number of anilines is 1. The lowest BCUT2D eigenvalue weighted by molar-refractivity contribution is 0.482. The molecule has 2 aromatic rings. The average molecular weight is 265 g/mol. The minimum absolute atomic E-state index is 0.501. The zero-order valence-corrected chi connectivity index (χ0v) is 11.4. The topological polar surface area (TPSA) is 42.4 Å². The van der Waals surface area contributed by atoms with Gasteiger partial charge >= 0.3 is 0 Å². The molecule has 0 spiro atoms. The Morgan fingerprint density at radius 1 is 1.28 bits per heavy atom. The van der Waals surface area contributed by atoms with Gasteiger partial charge in [-0.15, -0.1) is 0 Å². The quantitative estimate of drug-likeness (QED) is 0.921. The first-order valence-electron chi connectivity index (χ1n) is 5.85. The molecule has 0 fully saturated rings. The third-order valence-electron chi connectivity index (χ3n) is 2.85. The SMILES string of the molecule is Cc1ccc(CN(C)c2ccc(CN)cc2Cl)o1. The van der Waals surface area contributed by atoms with Gasteiger partial charge in [-0.05, 0) is 36.8 Å². The first kappa shape index (κ1) is 13.0. The zero-order valence-electron chi connectivity index (χ0n) is 10.6. The molecule has 0 saturated heterocycles. The number of nitrogens with two attached hydrogens (primary N) is 1. The van der Waals surface area contributed by atoms with Crippen LogP contribution in [0.1, 0.15) is 17.1 Å². The molecule has 0 atom stereocenters. The van der Waals surface area contributed by atoms with Crippen LogP contribution in [0.4, 0.5) is 5.69 Å². The standard InChI is InChI=1S/C14H17ClN2O/c1-10-3-5-12(18-10)9-17(2)14-6-4-11(8-16)7-13(14)15/h3-7H,8-9,16H2,1-2H3. The van der Waals surface area contributed by atoms with Crippen molar-refractivity contribution in [1.82, 2.24) is 0 Å². The summed E-state index contributed by atoms with van der Waals surface area (Å²) in [4.78, 5) is 2.06. The van der Waals surface area contributed by atoms with Gasteiger partial charge in [0.25, 0.3) is 0 Å². The molecule has 0 aliphatic rings. The number of nitrogens with zero attached hydrogens (tertiary/aromatic N) is 1. The van der Waals surface area contributed by atoms with E-state index in [1.807, 2.05) is 44.3 Å². The molecule has 1 aromatic heterocycles. The normalized spacial score (nSPS) is 10.7. The highest BCUT2D eigenvalue weighted by atomic mass is 35.5. The van der Waals surface area contributed by atoms with Gasteiger partial charge in [-0.1, -0.05) is 17.7 Å². The number of furan rings is 1. The fraction of sp³-hybridized carbons (Fsp3) is 0.286. The Balaban J connectivity index is 2.15. The van der Waals surface area contributed by atoms with Crippen LogP contribution in [-0.4, -0.2) is 7.05 Å². The summed E-state index contributed by atoms with van der Waals surface area (Å²) in [5.74, 6) is 1.84. The summed E-state index contributed by atoms with van der Waals surface area (Å²) in [7, 11) is 1.99. The van der Waals surface area contributed by atoms with Crippen LogP contribution in [0, 0.1) is 6.92 Å². The summed E-state index contributed by atoms with van der Waals surface area (Å²) in [6.07, 6.45) is 0. The highest BCUT2D eigenvalue weighted by Crippen LogP contribution is 2.27. The summed E-state index contributed by atoms with van der Waals surface area (Å²) >= 11 is 6.25. The molecule has 0 saturated carbocycles. The number of hydrogen-bond donors (Lipinski definition) is 1. The Morgan fingerprint density at radius 2 is 2.06 bits per heavy atom. The maximum absolute atomic E-state index is 6.25. The van der Waals surface area contributed by atoms with Crippen LogP contribution in [0.3, 0.4) is 0 Å². The maximum atomic E-state index is 6.25. The number of hydrogen-bond acceptors (Lipinski definition) is 3. The molecule has 2 rings (SSSR count). The lowest BCUT2D eigenvalue weighted by Crippen LogP contribution is -2.16. The first-order chi connectivity index (χ1) is 8.60. The van der Waals surface area contributed by atoms with Crippen LogP contribution in [-0.2, 0) is 13.1 Å². The van der Waals surface area contributed by atoms with E-state index in [0.717, 1.165) is 22.8 Å². The van der Waals surface area contributed by atoms with Crippen LogP contribution in [0.5, 0.6) is 0 Å². The van der Waals surface area contributed by atoms with Crippen molar-refractivity contribution in [3.63, 3.8) is 0 Å². The second-order valence-corrected chi connectivity index (χ2v) is 4.77. The predicted octanol–water partition coefficient (Wildman–Crippen LogP) is 3.34. The van der Waals surface area contributed by atoms with E-state index in [0.29, 0.717) is 18.1 Å². The van der Waals surface area contributed by atoms with Crippen molar-refractivity contribution in [2.75, 3.05) is 11.9 Å². The van der Waals surface area contributed by atoms with Gasteiger partial charge in [0.1, 0.15) is 11.5 Å². The van der Waals surface area contributed by atoms with Crippen LogP contribution < -0.4 is 10.6 Å². The summed E-state index contributed by atoms with van der Waals surface area (Å²) in [6, 6.07) is 9.82. The Bertz CT molecular complexity index is 536. The second kappa shape index (κ2) is 5.46. The fourth-order valence-electron chi connectivity index (χ4n) is 1.88. The van der Waals surface area contributed by atoms with Crippen molar-refractivity contribution < 1.29 is 4.42 Å². The Kier molecular flexibility index (Phi) is 3.94. The van der Waals surface area contributed by atoms with E-state index in [9.17, 15) is 0 Å². The first-order valence-corrected chi connectivity index (χ1v) is 6.23. The van der Waals surface area contributed by atoms with E-state index in [-0.39, 0.29) is 0 Å². The van der Waals surface area contributed by atoms with E-state index >= 15 is 0 Å². The molecule has 2 N–H and O–H groups in total. The molecule has 0 aliphatic heterocycles. The lowest BCUT2D eigenvalue weighted by atomic mass is 10.2. The molecular weight excluding hydrogens is 248 g/mol. The summed E-state index contributed by atoms with van der Waals surface area (Å²) in [5.41, 5.74) is 7.59. The molecule has 0 aliphatic carbocycles. The van der Waals surface area contributed by atoms with E-state index in [2.05, 4.69) is 4.90 Å². The van der Waals surface area contributed by atoms with Gasteiger partial charge in [-0.25, -0.2) is 0 Å². The van der Waals surface area contributed by atoms with Crippen molar-refractivity contribution in [2.24, 2.45) is 5.73 Å². The fourth-order valence-corrected chi connectivity index (χ4v) is 2.22. The van der Waals surface area contributed by atoms with Crippen LogP contribution in [0.15, 0.2) is 34.7 Å². The van der Waals surface area contributed by atoms with Crippen molar-refractivity contribution in [2.45, 2.75) is 20.0 Å².